The maximum atomic E-state index is 12.7. The molecule has 6 nitrogen and oxygen atoms in total. The summed E-state index contributed by atoms with van der Waals surface area (Å²) < 4.78 is 18.8. The molecule has 1 fully saturated rings. The van der Waals surface area contributed by atoms with Crippen LogP contribution in [0.5, 0.6) is 5.75 Å². The van der Waals surface area contributed by atoms with Crippen LogP contribution >= 0.6 is 0 Å². The van der Waals surface area contributed by atoms with E-state index in [2.05, 4.69) is 39.6 Å². The largest absolute Gasteiger partial charge is 0.497 e. The number of nitrogens with zero attached hydrogens (tertiary/aromatic N) is 2. The number of pyridine rings is 1. The number of aromatic nitrogens is 1. The first-order valence-electron chi connectivity index (χ1n) is 10.7. The van der Waals surface area contributed by atoms with Gasteiger partial charge in [0.1, 0.15) is 5.75 Å². The van der Waals surface area contributed by atoms with Crippen molar-refractivity contribution in [2.75, 3.05) is 44.9 Å². The second kappa shape index (κ2) is 7.78. The molecule has 0 spiro atoms. The Bertz CT molecular complexity index is 1300. The Labute approximate surface area is 180 Å². The fourth-order valence-corrected chi connectivity index (χ4v) is 4.67. The Kier molecular flexibility index (Phi) is 4.94. The average Bonchev–Trinajstić information content (AvgIpc) is 3.17. The number of morpholine rings is 1. The molecule has 3 heterocycles. The second-order valence-corrected chi connectivity index (χ2v) is 7.77. The maximum Gasteiger partial charge on any atom is 0.339 e. The van der Waals surface area contributed by atoms with E-state index in [0.717, 1.165) is 57.4 Å². The molecule has 0 unspecified atom stereocenters. The maximum absolute atomic E-state index is 12.7. The van der Waals surface area contributed by atoms with Crippen LogP contribution in [0.3, 0.4) is 0 Å². The number of aryl methyl sites for hydroxylation is 1. The van der Waals surface area contributed by atoms with E-state index in [1.807, 2.05) is 26.0 Å². The summed E-state index contributed by atoms with van der Waals surface area (Å²) in [7, 11) is 1.69. The van der Waals surface area contributed by atoms with Crippen molar-refractivity contribution in [3.8, 4) is 5.75 Å². The van der Waals surface area contributed by atoms with Gasteiger partial charge in [0.05, 0.1) is 49.2 Å². The molecule has 1 saturated heterocycles. The van der Waals surface area contributed by atoms with Gasteiger partial charge in [-0.3, -0.25) is 0 Å². The van der Waals surface area contributed by atoms with Crippen LogP contribution in [0.2, 0.25) is 0 Å². The first kappa shape index (κ1) is 19.7. The Morgan fingerprint density at radius 1 is 1.06 bits per heavy atom. The lowest BCUT2D eigenvalue weighted by atomic mass is 10.0. The lowest BCUT2D eigenvalue weighted by Crippen LogP contribution is -2.36. The van der Waals surface area contributed by atoms with Crippen molar-refractivity contribution >= 4 is 38.8 Å². The summed E-state index contributed by atoms with van der Waals surface area (Å²) in [5.41, 5.74) is 4.59. The predicted molar refractivity (Wildman–Crippen MR) is 123 cm³/mol. The molecule has 0 aliphatic carbocycles. The molecule has 1 aliphatic rings. The Hall–Kier alpha value is -3.25. The monoisotopic (exact) mass is 418 g/mol. The van der Waals surface area contributed by atoms with Crippen LogP contribution in [0.15, 0.2) is 42.5 Å². The van der Waals surface area contributed by atoms with Gasteiger partial charge in [0.25, 0.3) is 0 Å². The molecule has 6 heteroatoms. The van der Waals surface area contributed by atoms with Crippen molar-refractivity contribution in [2.24, 2.45) is 0 Å². The number of hydrogen-bond acceptors (Lipinski definition) is 5. The number of carbonyl (C=O) groups excluding carboxylic acids is 1. The number of rotatable bonds is 4. The molecule has 0 N–H and O–H groups in total. The van der Waals surface area contributed by atoms with Crippen molar-refractivity contribution in [3.05, 3.63) is 53.7 Å². The van der Waals surface area contributed by atoms with Gasteiger partial charge in [0.15, 0.2) is 0 Å². The van der Waals surface area contributed by atoms with Crippen molar-refractivity contribution < 1.29 is 19.0 Å². The van der Waals surface area contributed by atoms with E-state index in [1.54, 1.807) is 7.11 Å². The number of ether oxygens (including phenoxy) is 3. The molecule has 1 aliphatic heterocycles. The van der Waals surface area contributed by atoms with Crippen LogP contribution in [-0.4, -0.2) is 50.4 Å². The number of anilines is 1. The van der Waals surface area contributed by atoms with Gasteiger partial charge >= 0.3 is 5.97 Å². The third kappa shape index (κ3) is 3.10. The van der Waals surface area contributed by atoms with Crippen molar-refractivity contribution in [1.29, 1.82) is 0 Å². The number of esters is 1. The van der Waals surface area contributed by atoms with Crippen LogP contribution < -0.4 is 9.64 Å². The second-order valence-electron chi connectivity index (χ2n) is 7.77. The number of benzene rings is 2. The molecule has 0 amide bonds. The Morgan fingerprint density at radius 3 is 2.52 bits per heavy atom. The molecule has 4 aromatic rings. The quantitative estimate of drug-likeness (QED) is 0.359. The third-order valence-corrected chi connectivity index (χ3v) is 6.11. The number of hydrogen-bond donors (Lipinski definition) is 0. The van der Waals surface area contributed by atoms with Gasteiger partial charge in [-0.1, -0.05) is 24.3 Å². The van der Waals surface area contributed by atoms with E-state index in [0.29, 0.717) is 25.4 Å². The predicted octanol–water partition coefficient (Wildman–Crippen LogP) is 4.58. The topological polar surface area (TPSA) is 52.4 Å². The molecular formula is C25H26N2O4. The summed E-state index contributed by atoms with van der Waals surface area (Å²) in [5, 5.41) is 3.41. The number of methoxy groups -OCH3 is 1. The van der Waals surface area contributed by atoms with Crippen molar-refractivity contribution in [1.82, 2.24) is 4.40 Å². The fraction of sp³-hybridized carbons (Fsp3) is 0.320. The van der Waals surface area contributed by atoms with E-state index < -0.39 is 0 Å². The summed E-state index contributed by atoms with van der Waals surface area (Å²) >= 11 is 0. The van der Waals surface area contributed by atoms with Gasteiger partial charge < -0.3 is 23.5 Å². The molecule has 5 rings (SSSR count). The molecule has 2 aromatic heterocycles. The summed E-state index contributed by atoms with van der Waals surface area (Å²) in [6, 6.07) is 14.5. The van der Waals surface area contributed by atoms with Gasteiger partial charge in [-0.15, -0.1) is 0 Å². The van der Waals surface area contributed by atoms with Crippen LogP contribution in [0.1, 0.15) is 23.0 Å². The van der Waals surface area contributed by atoms with E-state index in [1.165, 1.54) is 0 Å². The van der Waals surface area contributed by atoms with Crippen LogP contribution in [0.25, 0.3) is 27.2 Å². The number of fused-ring (bicyclic) bond motifs is 6. The SMILES string of the molecule is CCOC(=O)c1cc2c3ccccc3c3c(N4CCOCC4)cc(OC)cc3n2c1C. The summed E-state index contributed by atoms with van der Waals surface area (Å²) in [6.45, 7) is 7.21. The highest BCUT2D eigenvalue weighted by Gasteiger charge is 2.23. The molecule has 160 valence electrons. The first-order valence-corrected chi connectivity index (χ1v) is 10.7. The minimum absolute atomic E-state index is 0.294. The highest BCUT2D eigenvalue weighted by atomic mass is 16.5. The Balaban J connectivity index is 1.94. The van der Waals surface area contributed by atoms with Crippen LogP contribution in [0, 0.1) is 6.92 Å². The lowest BCUT2D eigenvalue weighted by Gasteiger charge is -2.31. The molecule has 31 heavy (non-hydrogen) atoms. The highest BCUT2D eigenvalue weighted by molar-refractivity contribution is 6.18. The van der Waals surface area contributed by atoms with E-state index in [4.69, 9.17) is 14.2 Å². The molecule has 0 saturated carbocycles. The van der Waals surface area contributed by atoms with Crippen molar-refractivity contribution in [2.45, 2.75) is 13.8 Å². The number of carbonyl (C=O) groups is 1. The molecule has 0 atom stereocenters. The Morgan fingerprint density at radius 2 is 1.81 bits per heavy atom. The first-order chi connectivity index (χ1) is 15.1. The summed E-state index contributed by atoms with van der Waals surface area (Å²) in [5.74, 6) is 0.494. The van der Waals surface area contributed by atoms with Gasteiger partial charge in [0, 0.05) is 41.7 Å². The molecule has 2 aromatic carbocycles. The minimum atomic E-state index is -0.294. The van der Waals surface area contributed by atoms with E-state index in [-0.39, 0.29) is 5.97 Å². The fourth-order valence-electron chi connectivity index (χ4n) is 4.67. The summed E-state index contributed by atoms with van der Waals surface area (Å²) in [6.07, 6.45) is 0. The highest BCUT2D eigenvalue weighted by Crippen LogP contribution is 2.40. The zero-order valence-electron chi connectivity index (χ0n) is 18.1. The van der Waals surface area contributed by atoms with Gasteiger partial charge in [0.2, 0.25) is 0 Å². The third-order valence-electron chi connectivity index (χ3n) is 6.11. The normalized spacial score (nSPS) is 14.5. The smallest absolute Gasteiger partial charge is 0.339 e. The zero-order chi connectivity index (χ0) is 21.5. The lowest BCUT2D eigenvalue weighted by molar-refractivity contribution is 0.0525. The summed E-state index contributed by atoms with van der Waals surface area (Å²) in [4.78, 5) is 15.0. The molecular weight excluding hydrogens is 392 g/mol. The van der Waals surface area contributed by atoms with Gasteiger partial charge in [-0.05, 0) is 25.3 Å². The standard InChI is InChI=1S/C25H26N2O4/c1-4-31-25(28)20-15-21-18-7-5-6-8-19(18)24-22(26-9-11-30-12-10-26)13-17(29-3)14-23(24)27(21)16(20)2/h5-8,13-15H,4,9-12H2,1-3H3. The average molecular weight is 418 g/mol. The van der Waals surface area contributed by atoms with Crippen LogP contribution in [0.4, 0.5) is 5.69 Å². The van der Waals surface area contributed by atoms with Crippen molar-refractivity contribution in [3.63, 3.8) is 0 Å². The van der Waals surface area contributed by atoms with Gasteiger partial charge in [-0.2, -0.15) is 0 Å². The molecule has 0 radical (unpaired) electrons. The van der Waals surface area contributed by atoms with Crippen LogP contribution in [-0.2, 0) is 9.47 Å². The zero-order valence-corrected chi connectivity index (χ0v) is 18.1. The van der Waals surface area contributed by atoms with Gasteiger partial charge in [-0.25, -0.2) is 4.79 Å². The molecule has 0 bridgehead atoms. The van der Waals surface area contributed by atoms with E-state index >= 15 is 0 Å². The van der Waals surface area contributed by atoms with E-state index in [9.17, 15) is 4.79 Å². The minimum Gasteiger partial charge on any atom is -0.497 e.